The highest BCUT2D eigenvalue weighted by Gasteiger charge is 2.20. The van der Waals surface area contributed by atoms with Crippen molar-refractivity contribution in [1.29, 1.82) is 0 Å². The van der Waals surface area contributed by atoms with E-state index in [0.29, 0.717) is 12.5 Å². The van der Waals surface area contributed by atoms with Crippen LogP contribution in [0.15, 0.2) is 35.3 Å². The van der Waals surface area contributed by atoms with Crippen molar-refractivity contribution in [2.24, 2.45) is 16.8 Å². The fourth-order valence-electron chi connectivity index (χ4n) is 3.54. The van der Waals surface area contributed by atoms with Crippen molar-refractivity contribution in [3.63, 3.8) is 0 Å². The highest BCUT2D eigenvalue weighted by Crippen LogP contribution is 2.17. The van der Waals surface area contributed by atoms with Gasteiger partial charge in [-0.1, -0.05) is 32.0 Å². The van der Waals surface area contributed by atoms with Crippen molar-refractivity contribution in [2.45, 2.75) is 26.7 Å². The van der Waals surface area contributed by atoms with Crippen LogP contribution in [-0.2, 0) is 0 Å². The van der Waals surface area contributed by atoms with E-state index in [4.69, 9.17) is 4.74 Å². The number of guanidine groups is 1. The van der Waals surface area contributed by atoms with Crippen molar-refractivity contribution in [3.05, 3.63) is 30.3 Å². The molecule has 1 aliphatic rings. The number of rotatable bonds is 8. The molecular formula is C21H37IN4O. The van der Waals surface area contributed by atoms with Gasteiger partial charge in [0.25, 0.3) is 0 Å². The lowest BCUT2D eigenvalue weighted by molar-refractivity contribution is 0.159. The highest BCUT2D eigenvalue weighted by atomic mass is 127. The second-order valence-corrected chi connectivity index (χ2v) is 7.67. The van der Waals surface area contributed by atoms with Crippen LogP contribution >= 0.6 is 24.0 Å². The number of likely N-dealkylation sites (tertiary alicyclic amines) is 1. The van der Waals surface area contributed by atoms with E-state index in [0.717, 1.165) is 30.7 Å². The summed E-state index contributed by atoms with van der Waals surface area (Å²) in [6.45, 7) is 10.7. The third kappa shape index (κ3) is 9.14. The second kappa shape index (κ2) is 13.2. The summed E-state index contributed by atoms with van der Waals surface area (Å²) < 4.78 is 5.79. The molecule has 1 N–H and O–H groups in total. The molecule has 1 unspecified atom stereocenters. The van der Waals surface area contributed by atoms with Crippen LogP contribution in [0.25, 0.3) is 0 Å². The summed E-state index contributed by atoms with van der Waals surface area (Å²) in [5.41, 5.74) is 0. The molecule has 1 heterocycles. The van der Waals surface area contributed by atoms with Gasteiger partial charge in [-0.05, 0) is 43.4 Å². The lowest BCUT2D eigenvalue weighted by Crippen LogP contribution is -2.46. The van der Waals surface area contributed by atoms with Crippen LogP contribution in [0.5, 0.6) is 5.75 Å². The third-order valence-corrected chi connectivity index (χ3v) is 4.79. The van der Waals surface area contributed by atoms with Crippen molar-refractivity contribution < 1.29 is 4.74 Å². The largest absolute Gasteiger partial charge is 0.492 e. The van der Waals surface area contributed by atoms with Gasteiger partial charge in [-0.15, -0.1) is 24.0 Å². The molecule has 0 aliphatic carbocycles. The molecule has 5 nitrogen and oxygen atoms in total. The first-order valence-corrected chi connectivity index (χ1v) is 9.90. The molecule has 1 aromatic rings. The average molecular weight is 488 g/mol. The van der Waals surface area contributed by atoms with Gasteiger partial charge in [0.15, 0.2) is 5.96 Å². The topological polar surface area (TPSA) is 40.1 Å². The summed E-state index contributed by atoms with van der Waals surface area (Å²) in [4.78, 5) is 9.18. The first-order chi connectivity index (χ1) is 12.6. The smallest absolute Gasteiger partial charge is 0.193 e. The third-order valence-electron chi connectivity index (χ3n) is 4.79. The highest BCUT2D eigenvalue weighted by molar-refractivity contribution is 14.0. The van der Waals surface area contributed by atoms with Crippen LogP contribution in [0.3, 0.4) is 0 Å². The molecule has 1 aromatic carbocycles. The maximum atomic E-state index is 5.79. The van der Waals surface area contributed by atoms with E-state index in [1.54, 1.807) is 0 Å². The van der Waals surface area contributed by atoms with Gasteiger partial charge < -0.3 is 19.9 Å². The van der Waals surface area contributed by atoms with Gasteiger partial charge in [-0.25, -0.2) is 0 Å². The van der Waals surface area contributed by atoms with Crippen LogP contribution in [0.1, 0.15) is 26.7 Å². The molecule has 2 rings (SSSR count). The van der Waals surface area contributed by atoms with Crippen LogP contribution in [-0.4, -0.2) is 69.2 Å². The van der Waals surface area contributed by atoms with Crippen LogP contribution < -0.4 is 10.1 Å². The SMILES string of the molecule is CN=C(NCC1CCCN(CC(C)C)C1)N(C)CCOc1ccccc1.I. The van der Waals surface area contributed by atoms with Gasteiger partial charge in [-0.2, -0.15) is 0 Å². The van der Waals surface area contributed by atoms with E-state index in [-0.39, 0.29) is 24.0 Å². The first-order valence-electron chi connectivity index (χ1n) is 9.90. The fourth-order valence-corrected chi connectivity index (χ4v) is 3.54. The minimum Gasteiger partial charge on any atom is -0.492 e. The molecule has 0 saturated carbocycles. The van der Waals surface area contributed by atoms with Crippen LogP contribution in [0.2, 0.25) is 0 Å². The Morgan fingerprint density at radius 2 is 2.07 bits per heavy atom. The van der Waals surface area contributed by atoms with Gasteiger partial charge in [0.05, 0.1) is 6.54 Å². The predicted molar refractivity (Wildman–Crippen MR) is 125 cm³/mol. The quantitative estimate of drug-likeness (QED) is 0.345. The number of benzene rings is 1. The number of aliphatic imine (C=N–C) groups is 1. The van der Waals surface area contributed by atoms with Crippen LogP contribution in [0.4, 0.5) is 0 Å². The Morgan fingerprint density at radius 1 is 1.33 bits per heavy atom. The molecule has 1 fully saturated rings. The van der Waals surface area contributed by atoms with E-state index in [9.17, 15) is 0 Å². The molecule has 6 heteroatoms. The second-order valence-electron chi connectivity index (χ2n) is 7.67. The minimum absolute atomic E-state index is 0. The predicted octanol–water partition coefficient (Wildman–Crippen LogP) is 3.56. The number of ether oxygens (including phenoxy) is 1. The Morgan fingerprint density at radius 3 is 2.74 bits per heavy atom. The molecule has 1 saturated heterocycles. The average Bonchev–Trinajstić information content (AvgIpc) is 2.63. The number of nitrogens with zero attached hydrogens (tertiary/aromatic N) is 3. The zero-order valence-electron chi connectivity index (χ0n) is 17.4. The summed E-state index contributed by atoms with van der Waals surface area (Å²) >= 11 is 0. The van der Waals surface area contributed by atoms with Gasteiger partial charge in [0.1, 0.15) is 12.4 Å². The minimum atomic E-state index is 0. The lowest BCUT2D eigenvalue weighted by Gasteiger charge is -2.34. The fraction of sp³-hybridized carbons (Fsp3) is 0.667. The maximum absolute atomic E-state index is 5.79. The van der Waals surface area contributed by atoms with E-state index in [2.05, 4.69) is 41.0 Å². The number of hydrogen-bond acceptors (Lipinski definition) is 3. The number of likely N-dealkylation sites (N-methyl/N-ethyl adjacent to an activating group) is 1. The molecule has 27 heavy (non-hydrogen) atoms. The molecule has 0 bridgehead atoms. The standard InChI is InChI=1S/C21H36N4O.HI/c1-18(2)16-25-12-8-9-19(17-25)15-23-21(22-3)24(4)13-14-26-20-10-6-5-7-11-20;/h5-7,10-11,18-19H,8-9,12-17H2,1-4H3,(H,22,23);1H. The zero-order valence-corrected chi connectivity index (χ0v) is 19.7. The Balaban J connectivity index is 0.00000364. The number of nitrogens with one attached hydrogen (secondary N) is 1. The first kappa shape index (κ1) is 24.0. The lowest BCUT2D eigenvalue weighted by atomic mass is 9.97. The van der Waals surface area contributed by atoms with Crippen molar-refractivity contribution in [3.8, 4) is 5.75 Å². The number of para-hydroxylation sites is 1. The summed E-state index contributed by atoms with van der Waals surface area (Å²) in [6, 6.07) is 9.95. The zero-order chi connectivity index (χ0) is 18.8. The Bertz CT molecular complexity index is 538. The van der Waals surface area contributed by atoms with E-state index >= 15 is 0 Å². The molecule has 1 atom stereocenters. The van der Waals surface area contributed by atoms with Crippen LogP contribution in [0, 0.1) is 11.8 Å². The molecule has 0 spiro atoms. The molecular weight excluding hydrogens is 451 g/mol. The monoisotopic (exact) mass is 488 g/mol. The van der Waals surface area contributed by atoms with Gasteiger partial charge in [-0.3, -0.25) is 4.99 Å². The Labute approximate surface area is 182 Å². The number of halogens is 1. The summed E-state index contributed by atoms with van der Waals surface area (Å²) in [7, 11) is 3.92. The number of piperidine rings is 1. The summed E-state index contributed by atoms with van der Waals surface area (Å²) in [5.74, 6) is 3.30. The number of hydrogen-bond donors (Lipinski definition) is 1. The van der Waals surface area contributed by atoms with E-state index in [1.807, 2.05) is 37.4 Å². The van der Waals surface area contributed by atoms with E-state index in [1.165, 1.54) is 32.5 Å². The summed E-state index contributed by atoms with van der Waals surface area (Å²) in [5, 5.41) is 3.56. The van der Waals surface area contributed by atoms with Crippen molar-refractivity contribution in [2.75, 3.05) is 53.4 Å². The molecule has 0 aromatic heterocycles. The Hall–Kier alpha value is -1.02. The normalized spacial score (nSPS) is 18.1. The molecule has 0 amide bonds. The van der Waals surface area contributed by atoms with Gasteiger partial charge >= 0.3 is 0 Å². The summed E-state index contributed by atoms with van der Waals surface area (Å²) in [6.07, 6.45) is 2.61. The van der Waals surface area contributed by atoms with Crippen molar-refractivity contribution >= 4 is 29.9 Å². The Kier molecular flexibility index (Phi) is 11.7. The van der Waals surface area contributed by atoms with E-state index < -0.39 is 0 Å². The van der Waals surface area contributed by atoms with Gasteiger partial charge in [0, 0.05) is 33.7 Å². The van der Waals surface area contributed by atoms with Crippen molar-refractivity contribution in [1.82, 2.24) is 15.1 Å². The molecule has 0 radical (unpaired) electrons. The molecule has 1 aliphatic heterocycles. The maximum Gasteiger partial charge on any atom is 0.193 e. The molecule has 154 valence electrons. The van der Waals surface area contributed by atoms with Gasteiger partial charge in [0.2, 0.25) is 0 Å².